The molecule has 1 fully saturated rings. The van der Waals surface area contributed by atoms with Gasteiger partial charge in [0.2, 0.25) is 0 Å². The zero-order valence-corrected chi connectivity index (χ0v) is 11.2. The molecule has 0 amide bonds. The van der Waals surface area contributed by atoms with Crippen LogP contribution in [0.25, 0.3) is 11.0 Å². The van der Waals surface area contributed by atoms with Crippen LogP contribution in [0.15, 0.2) is 18.2 Å². The lowest BCUT2D eigenvalue weighted by atomic mass is 9.88. The van der Waals surface area contributed by atoms with Gasteiger partial charge in [-0.05, 0) is 38.0 Å². The molecule has 19 heavy (non-hydrogen) atoms. The Morgan fingerprint density at radius 2 is 2.21 bits per heavy atom. The fourth-order valence-electron chi connectivity index (χ4n) is 2.75. The van der Waals surface area contributed by atoms with E-state index in [1.54, 1.807) is 14.0 Å². The van der Waals surface area contributed by atoms with E-state index in [1.807, 2.05) is 18.2 Å². The molecule has 2 aromatic rings. The van der Waals surface area contributed by atoms with E-state index >= 15 is 0 Å². The van der Waals surface area contributed by atoms with Gasteiger partial charge in [-0.3, -0.25) is 0 Å². The number of nitrogens with zero attached hydrogens (tertiary/aromatic N) is 2. The first kappa shape index (κ1) is 12.4. The van der Waals surface area contributed by atoms with Crippen molar-refractivity contribution in [2.45, 2.75) is 38.0 Å². The van der Waals surface area contributed by atoms with Gasteiger partial charge in [-0.1, -0.05) is 0 Å². The van der Waals surface area contributed by atoms with Crippen molar-refractivity contribution < 1.29 is 9.84 Å². The van der Waals surface area contributed by atoms with Gasteiger partial charge in [-0.15, -0.1) is 0 Å². The summed E-state index contributed by atoms with van der Waals surface area (Å²) in [5, 5.41) is 9.92. The second kappa shape index (κ2) is 4.51. The van der Waals surface area contributed by atoms with Gasteiger partial charge in [0.25, 0.3) is 0 Å². The van der Waals surface area contributed by atoms with E-state index in [-0.39, 0.29) is 0 Å². The number of anilines is 1. The first-order valence-electron chi connectivity index (χ1n) is 6.58. The molecule has 3 N–H and O–H groups in total. The number of imidazole rings is 1. The van der Waals surface area contributed by atoms with Crippen LogP contribution in [-0.4, -0.2) is 27.9 Å². The molecule has 1 atom stereocenters. The van der Waals surface area contributed by atoms with Gasteiger partial charge in [-0.25, -0.2) is 4.98 Å². The lowest BCUT2D eigenvalue weighted by Crippen LogP contribution is -2.33. The van der Waals surface area contributed by atoms with Crippen LogP contribution in [0.5, 0.6) is 0 Å². The van der Waals surface area contributed by atoms with E-state index < -0.39 is 6.10 Å². The van der Waals surface area contributed by atoms with Crippen molar-refractivity contribution in [1.82, 2.24) is 9.55 Å². The molecule has 5 heteroatoms. The molecule has 0 saturated heterocycles. The summed E-state index contributed by atoms with van der Waals surface area (Å²) in [7, 11) is 1.74. The van der Waals surface area contributed by atoms with Crippen molar-refractivity contribution in [3.05, 3.63) is 24.0 Å². The molecule has 0 spiro atoms. The second-order valence-electron chi connectivity index (χ2n) is 5.25. The van der Waals surface area contributed by atoms with Gasteiger partial charge in [0.05, 0.1) is 17.1 Å². The van der Waals surface area contributed by atoms with Gasteiger partial charge in [0, 0.05) is 18.8 Å². The molecule has 1 aromatic heterocycles. The third kappa shape index (κ3) is 1.99. The number of aliphatic hydroxyl groups is 1. The Morgan fingerprint density at radius 3 is 2.84 bits per heavy atom. The molecule has 5 nitrogen and oxygen atoms in total. The number of aliphatic hydroxyl groups excluding tert-OH is 1. The van der Waals surface area contributed by atoms with Crippen LogP contribution >= 0.6 is 0 Å². The number of rotatable bonds is 3. The van der Waals surface area contributed by atoms with E-state index in [9.17, 15) is 5.11 Å². The number of ether oxygens (including phenoxy) is 1. The zero-order valence-electron chi connectivity index (χ0n) is 11.2. The van der Waals surface area contributed by atoms with Gasteiger partial charge < -0.3 is 20.1 Å². The molecule has 1 aromatic carbocycles. The largest absolute Gasteiger partial charge is 0.399 e. The van der Waals surface area contributed by atoms with E-state index in [1.165, 1.54) is 0 Å². The molecule has 3 rings (SSSR count). The third-order valence-electron chi connectivity index (χ3n) is 3.88. The average Bonchev–Trinajstić information content (AvgIpc) is 2.66. The zero-order chi connectivity index (χ0) is 13.6. The number of fused-ring (bicyclic) bond motifs is 1. The highest BCUT2D eigenvalue weighted by atomic mass is 16.5. The highest BCUT2D eigenvalue weighted by Gasteiger charge is 2.33. The minimum Gasteiger partial charge on any atom is -0.399 e. The summed E-state index contributed by atoms with van der Waals surface area (Å²) in [4.78, 5) is 4.52. The van der Waals surface area contributed by atoms with E-state index in [0.717, 1.165) is 23.9 Å². The number of aromatic nitrogens is 2. The van der Waals surface area contributed by atoms with Crippen LogP contribution in [0.1, 0.15) is 37.7 Å². The first-order valence-corrected chi connectivity index (χ1v) is 6.58. The maximum absolute atomic E-state index is 9.92. The Labute approximate surface area is 112 Å². The Balaban J connectivity index is 2.07. The smallest absolute Gasteiger partial charge is 0.138 e. The van der Waals surface area contributed by atoms with Crippen LogP contribution in [-0.2, 0) is 4.74 Å². The Morgan fingerprint density at radius 1 is 1.47 bits per heavy atom. The minimum absolute atomic E-state index is 0.318. The Kier molecular flexibility index (Phi) is 2.95. The van der Waals surface area contributed by atoms with Crippen LogP contribution in [0.2, 0.25) is 0 Å². The molecule has 1 heterocycles. The maximum Gasteiger partial charge on any atom is 0.138 e. The summed E-state index contributed by atoms with van der Waals surface area (Å²) in [6.45, 7) is 1.74. The van der Waals surface area contributed by atoms with E-state index in [2.05, 4.69) is 9.55 Å². The SMILES string of the molecule is COC1CC(n2c(C(C)O)nc3cc(N)ccc32)C1. The van der Waals surface area contributed by atoms with Gasteiger partial charge in [0.1, 0.15) is 11.9 Å². The standard InChI is InChI=1S/C14H19N3O2/c1-8(18)14-16-12-5-9(15)3-4-13(12)17(14)10-6-11(7-10)19-2/h3-5,8,10-11,18H,6-7,15H2,1-2H3. The number of benzene rings is 1. The molecule has 0 aliphatic heterocycles. The molecule has 0 radical (unpaired) electrons. The monoisotopic (exact) mass is 261 g/mol. The van der Waals surface area contributed by atoms with Crippen molar-refractivity contribution in [2.75, 3.05) is 12.8 Å². The normalized spacial score (nSPS) is 24.4. The van der Waals surface area contributed by atoms with Crippen LogP contribution < -0.4 is 5.73 Å². The van der Waals surface area contributed by atoms with Gasteiger partial charge in [-0.2, -0.15) is 0 Å². The molecular formula is C14H19N3O2. The number of methoxy groups -OCH3 is 1. The fraction of sp³-hybridized carbons (Fsp3) is 0.500. The lowest BCUT2D eigenvalue weighted by Gasteiger charge is -2.36. The van der Waals surface area contributed by atoms with Crippen molar-refractivity contribution in [3.8, 4) is 0 Å². The van der Waals surface area contributed by atoms with Gasteiger partial charge in [0.15, 0.2) is 0 Å². The molecule has 102 valence electrons. The summed E-state index contributed by atoms with van der Waals surface area (Å²) in [6, 6.07) is 6.05. The molecule has 0 bridgehead atoms. The molecule has 1 aliphatic carbocycles. The molecule has 1 aliphatic rings. The number of hydrogen-bond acceptors (Lipinski definition) is 4. The van der Waals surface area contributed by atoms with E-state index in [4.69, 9.17) is 10.5 Å². The van der Waals surface area contributed by atoms with E-state index in [0.29, 0.717) is 23.7 Å². The number of hydrogen-bond donors (Lipinski definition) is 2. The highest BCUT2D eigenvalue weighted by molar-refractivity contribution is 5.80. The summed E-state index contributed by atoms with van der Waals surface area (Å²) in [5.74, 6) is 0.708. The molecular weight excluding hydrogens is 242 g/mol. The van der Waals surface area contributed by atoms with Crippen LogP contribution in [0.4, 0.5) is 5.69 Å². The summed E-state index contributed by atoms with van der Waals surface area (Å²) < 4.78 is 7.46. The molecule has 1 saturated carbocycles. The summed E-state index contributed by atoms with van der Waals surface area (Å²) >= 11 is 0. The summed E-state index contributed by atoms with van der Waals surface area (Å²) in [6.07, 6.45) is 1.66. The summed E-state index contributed by atoms with van der Waals surface area (Å²) in [5.41, 5.74) is 8.36. The predicted molar refractivity (Wildman–Crippen MR) is 73.8 cm³/mol. The molecule has 1 unspecified atom stereocenters. The minimum atomic E-state index is -0.588. The Bertz CT molecular complexity index is 600. The maximum atomic E-state index is 9.92. The second-order valence-corrected chi connectivity index (χ2v) is 5.25. The highest BCUT2D eigenvalue weighted by Crippen LogP contribution is 2.38. The fourth-order valence-corrected chi connectivity index (χ4v) is 2.75. The van der Waals surface area contributed by atoms with Crippen molar-refractivity contribution in [3.63, 3.8) is 0 Å². The van der Waals surface area contributed by atoms with Crippen LogP contribution in [0.3, 0.4) is 0 Å². The lowest BCUT2D eigenvalue weighted by molar-refractivity contribution is 0.00468. The van der Waals surface area contributed by atoms with Crippen molar-refractivity contribution in [2.24, 2.45) is 0 Å². The third-order valence-corrected chi connectivity index (χ3v) is 3.88. The van der Waals surface area contributed by atoms with Crippen molar-refractivity contribution in [1.29, 1.82) is 0 Å². The average molecular weight is 261 g/mol. The van der Waals surface area contributed by atoms with Crippen molar-refractivity contribution >= 4 is 16.7 Å². The predicted octanol–water partition coefficient (Wildman–Crippen LogP) is 2.02. The van der Waals surface area contributed by atoms with Gasteiger partial charge >= 0.3 is 0 Å². The quantitative estimate of drug-likeness (QED) is 0.829. The Hall–Kier alpha value is -1.59. The first-order chi connectivity index (χ1) is 9.10. The number of nitrogens with two attached hydrogens (primary N) is 1. The topological polar surface area (TPSA) is 73.3 Å². The van der Waals surface area contributed by atoms with Crippen LogP contribution in [0, 0.1) is 0 Å². The number of nitrogen functional groups attached to an aromatic ring is 1.